The maximum atomic E-state index is 5.40. The van der Waals surface area contributed by atoms with Gasteiger partial charge < -0.3 is 28.4 Å². The molecule has 6 heteroatoms. The molecule has 0 saturated carbocycles. The zero-order valence-electron chi connectivity index (χ0n) is 42.0. The summed E-state index contributed by atoms with van der Waals surface area (Å²) < 4.78 is 31.2. The summed E-state index contributed by atoms with van der Waals surface area (Å²) in [6.07, 6.45) is 4.56. The number of hydrogen-bond donors (Lipinski definition) is 0. The van der Waals surface area contributed by atoms with Gasteiger partial charge in [-0.1, -0.05) is 210 Å². The molecule has 4 aromatic rings. The van der Waals surface area contributed by atoms with E-state index in [9.17, 15) is 0 Å². The van der Waals surface area contributed by atoms with E-state index in [1.165, 1.54) is 17.5 Å². The van der Waals surface area contributed by atoms with Crippen LogP contribution >= 0.6 is 0 Å². The summed E-state index contributed by atoms with van der Waals surface area (Å²) >= 11 is 0. The number of hydrogen-bond acceptors (Lipinski definition) is 6. The molecule has 3 fully saturated rings. The first-order chi connectivity index (χ1) is 29.6. The summed E-state index contributed by atoms with van der Waals surface area (Å²) in [5.74, 6) is 2.76. The minimum Gasteiger partial charge on any atom is -0.491 e. The van der Waals surface area contributed by atoms with Gasteiger partial charge in [0.15, 0.2) is 0 Å². The van der Waals surface area contributed by atoms with E-state index in [2.05, 4.69) is 52.0 Å². The van der Waals surface area contributed by atoms with Crippen LogP contribution in [-0.2, 0) is 27.1 Å². The molecule has 4 aromatic carbocycles. The molecule has 3 aliphatic heterocycles. The normalized spacial score (nSPS) is 14.3. The molecule has 0 spiro atoms. The lowest BCUT2D eigenvalue weighted by atomic mass is 10.1. The Kier molecular flexibility index (Phi) is 60.0. The maximum Gasteiger partial charge on any atom is 0.119 e. The second-order valence-corrected chi connectivity index (χ2v) is 11.0. The second kappa shape index (κ2) is 55.2. The van der Waals surface area contributed by atoms with Gasteiger partial charge >= 0.3 is 0 Å². The predicted octanol–water partition coefficient (Wildman–Crippen LogP) is 15.8. The van der Waals surface area contributed by atoms with Gasteiger partial charge in [0.2, 0.25) is 0 Å². The van der Waals surface area contributed by atoms with Gasteiger partial charge in [0.05, 0.1) is 19.8 Å². The fraction of sp³-hybridized carbons (Fsp3) is 0.556. The Hall–Kier alpha value is -3.84. The Balaban J connectivity index is -0.000000200. The van der Waals surface area contributed by atoms with Crippen molar-refractivity contribution >= 4 is 0 Å². The molecule has 0 radical (unpaired) electrons. The van der Waals surface area contributed by atoms with Crippen molar-refractivity contribution in [3.8, 4) is 17.2 Å². The molecular weight excluding hydrogens is 745 g/mol. The van der Waals surface area contributed by atoms with Crippen LogP contribution in [0, 0.1) is 0 Å². The third-order valence-corrected chi connectivity index (χ3v) is 6.58. The van der Waals surface area contributed by atoms with Gasteiger partial charge in [0, 0.05) is 0 Å². The van der Waals surface area contributed by atoms with Gasteiger partial charge in [-0.2, -0.15) is 0 Å². The second-order valence-electron chi connectivity index (χ2n) is 11.0. The molecule has 0 bridgehead atoms. The Morgan fingerprint density at radius 3 is 0.683 bits per heavy atom. The van der Waals surface area contributed by atoms with Gasteiger partial charge in [0.25, 0.3) is 0 Å². The molecule has 3 saturated heterocycles. The molecule has 0 amide bonds. The number of epoxide rings is 3. The van der Waals surface area contributed by atoms with Crippen LogP contribution in [0.5, 0.6) is 17.2 Å². The van der Waals surface area contributed by atoms with E-state index in [1.54, 1.807) is 0 Å². The summed E-state index contributed by atoms with van der Waals surface area (Å²) in [7, 11) is 0. The SMILES string of the molecule is CC.CC.CC.CC.CC.CC.CC.CCC.CCc1ccc(CC)cc1.c1ccc(OCC2CO2)cc1.c1ccc(OCC2CO2)cc1.c1ccc(OCC2CO2)cc1. The summed E-state index contributed by atoms with van der Waals surface area (Å²) in [6.45, 7) is 41.2. The smallest absolute Gasteiger partial charge is 0.119 e. The van der Waals surface area contributed by atoms with Crippen molar-refractivity contribution in [1.82, 2.24) is 0 Å². The Morgan fingerprint density at radius 1 is 0.350 bits per heavy atom. The van der Waals surface area contributed by atoms with E-state index >= 15 is 0 Å². The number of benzene rings is 4. The van der Waals surface area contributed by atoms with E-state index < -0.39 is 0 Å². The highest BCUT2D eigenvalue weighted by Gasteiger charge is 2.24. The first-order valence-corrected chi connectivity index (χ1v) is 23.6. The van der Waals surface area contributed by atoms with Crippen LogP contribution in [0.3, 0.4) is 0 Å². The van der Waals surface area contributed by atoms with Crippen LogP contribution in [0.1, 0.15) is 142 Å². The van der Waals surface area contributed by atoms with Crippen LogP contribution in [0.25, 0.3) is 0 Å². The number of aryl methyl sites for hydroxylation is 2. The largest absolute Gasteiger partial charge is 0.491 e. The van der Waals surface area contributed by atoms with E-state index in [4.69, 9.17) is 28.4 Å². The first kappa shape index (κ1) is 65.3. The summed E-state index contributed by atoms with van der Waals surface area (Å²) in [5.41, 5.74) is 2.86. The van der Waals surface area contributed by atoms with E-state index in [1.807, 2.05) is 188 Å². The summed E-state index contributed by atoms with van der Waals surface area (Å²) in [6, 6.07) is 38.2. The zero-order chi connectivity index (χ0) is 46.7. The quantitative estimate of drug-likeness (QED) is 0.140. The van der Waals surface area contributed by atoms with Crippen molar-refractivity contribution in [1.29, 1.82) is 0 Å². The number of para-hydroxylation sites is 3. The molecule has 0 aromatic heterocycles. The van der Waals surface area contributed by atoms with Crippen molar-refractivity contribution in [3.63, 3.8) is 0 Å². The minimum absolute atomic E-state index is 0.343. The molecule has 0 aliphatic carbocycles. The van der Waals surface area contributed by atoms with E-state index in [0.717, 1.165) is 49.9 Å². The van der Waals surface area contributed by atoms with Gasteiger partial charge in [0.1, 0.15) is 55.4 Å². The lowest BCUT2D eigenvalue weighted by Gasteiger charge is -2.01. The predicted molar refractivity (Wildman–Crippen MR) is 266 cm³/mol. The Labute approximate surface area is 372 Å². The van der Waals surface area contributed by atoms with Crippen LogP contribution in [-0.4, -0.2) is 58.0 Å². The summed E-state index contributed by atoms with van der Waals surface area (Å²) in [5, 5.41) is 0. The molecule has 0 N–H and O–H groups in total. The minimum atomic E-state index is 0.343. The van der Waals surface area contributed by atoms with Crippen molar-refractivity contribution in [2.45, 2.75) is 162 Å². The van der Waals surface area contributed by atoms with Crippen molar-refractivity contribution in [2.75, 3.05) is 39.6 Å². The van der Waals surface area contributed by atoms with Crippen molar-refractivity contribution < 1.29 is 28.4 Å². The van der Waals surface area contributed by atoms with Gasteiger partial charge in [-0.25, -0.2) is 0 Å². The van der Waals surface area contributed by atoms with Crippen molar-refractivity contribution in [2.24, 2.45) is 0 Å². The number of ether oxygens (including phenoxy) is 6. The highest BCUT2D eigenvalue weighted by atomic mass is 16.6. The molecule has 3 atom stereocenters. The topological polar surface area (TPSA) is 65.3 Å². The van der Waals surface area contributed by atoms with Crippen LogP contribution in [0.4, 0.5) is 0 Å². The van der Waals surface area contributed by atoms with Gasteiger partial charge in [-0.15, -0.1) is 0 Å². The fourth-order valence-electron chi connectivity index (χ4n) is 3.62. The van der Waals surface area contributed by atoms with Crippen LogP contribution in [0.2, 0.25) is 0 Å². The lowest BCUT2D eigenvalue weighted by molar-refractivity contribution is 0.263. The highest BCUT2D eigenvalue weighted by Crippen LogP contribution is 2.15. The highest BCUT2D eigenvalue weighted by molar-refractivity contribution is 5.23. The maximum absolute atomic E-state index is 5.40. The lowest BCUT2D eigenvalue weighted by Crippen LogP contribution is -2.03. The third-order valence-electron chi connectivity index (χ3n) is 6.58. The average Bonchev–Trinajstić information content (AvgIpc) is 4.21. The van der Waals surface area contributed by atoms with Gasteiger partial charge in [-0.05, 0) is 60.4 Å². The van der Waals surface area contributed by atoms with Crippen LogP contribution < -0.4 is 14.2 Å². The molecular formula is C54H94O6. The fourth-order valence-corrected chi connectivity index (χ4v) is 3.62. The molecule has 60 heavy (non-hydrogen) atoms. The van der Waals surface area contributed by atoms with E-state index in [-0.39, 0.29) is 0 Å². The molecule has 3 heterocycles. The molecule has 346 valence electrons. The van der Waals surface area contributed by atoms with Crippen LogP contribution in [0.15, 0.2) is 115 Å². The number of rotatable bonds is 11. The molecule has 3 unspecified atom stereocenters. The Morgan fingerprint density at radius 2 is 0.533 bits per heavy atom. The third kappa shape index (κ3) is 45.2. The van der Waals surface area contributed by atoms with Gasteiger partial charge in [-0.3, -0.25) is 0 Å². The standard InChI is InChI=1S/C10H14.3C9H10O2.C3H8.7C2H6/c1-3-9-5-7-10(4-2)8-6-9;3*1-2-4-8(5-3-1)10-6-9-7-11-9;1-3-2;7*1-2/h5-8H,3-4H2,1-2H3;3*1-5,9H,6-7H2;3H2,1-2H3;7*1-2H3. The molecule has 3 aliphatic rings. The molecule has 7 rings (SSSR count). The first-order valence-electron chi connectivity index (χ1n) is 23.6. The average molecular weight is 839 g/mol. The Bertz CT molecular complexity index is 1110. The molecule has 6 nitrogen and oxygen atoms in total. The zero-order valence-corrected chi connectivity index (χ0v) is 42.0. The monoisotopic (exact) mass is 839 g/mol. The van der Waals surface area contributed by atoms with E-state index in [0.29, 0.717) is 38.1 Å². The summed E-state index contributed by atoms with van der Waals surface area (Å²) in [4.78, 5) is 0. The van der Waals surface area contributed by atoms with Crippen molar-refractivity contribution in [3.05, 3.63) is 126 Å².